The summed E-state index contributed by atoms with van der Waals surface area (Å²) in [6.07, 6.45) is -0.338. The van der Waals surface area contributed by atoms with Crippen LogP contribution in [0.4, 0.5) is 0 Å². The molecule has 0 spiro atoms. The maximum Gasteiger partial charge on any atom is 0.255 e. The van der Waals surface area contributed by atoms with Crippen LogP contribution in [-0.2, 0) is 4.74 Å². The minimum Gasteiger partial charge on any atom is -0.496 e. The van der Waals surface area contributed by atoms with Gasteiger partial charge in [0.1, 0.15) is 17.6 Å². The highest BCUT2D eigenvalue weighted by atomic mass is 35.5. The van der Waals surface area contributed by atoms with Crippen molar-refractivity contribution >= 4 is 17.5 Å². The molecular formula is C18H20ClNO4. The van der Waals surface area contributed by atoms with Crippen molar-refractivity contribution in [2.75, 3.05) is 27.9 Å². The summed E-state index contributed by atoms with van der Waals surface area (Å²) in [5, 5.41) is 3.31. The van der Waals surface area contributed by atoms with Crippen LogP contribution in [0.3, 0.4) is 0 Å². The van der Waals surface area contributed by atoms with E-state index in [2.05, 4.69) is 5.32 Å². The van der Waals surface area contributed by atoms with Crippen molar-refractivity contribution < 1.29 is 19.0 Å². The molecule has 6 heteroatoms. The Morgan fingerprint density at radius 3 is 2.46 bits per heavy atom. The van der Waals surface area contributed by atoms with Crippen molar-refractivity contribution in [3.8, 4) is 11.5 Å². The number of para-hydroxylation sites is 1. The van der Waals surface area contributed by atoms with Gasteiger partial charge in [0.05, 0.1) is 19.8 Å². The van der Waals surface area contributed by atoms with Gasteiger partial charge in [-0.2, -0.15) is 0 Å². The molecule has 0 saturated carbocycles. The van der Waals surface area contributed by atoms with E-state index in [4.69, 9.17) is 25.8 Å². The highest BCUT2D eigenvalue weighted by molar-refractivity contribution is 6.31. The number of benzene rings is 2. The lowest BCUT2D eigenvalue weighted by Gasteiger charge is -2.19. The van der Waals surface area contributed by atoms with E-state index in [1.54, 1.807) is 32.4 Å². The zero-order valence-corrected chi connectivity index (χ0v) is 14.6. The largest absolute Gasteiger partial charge is 0.496 e. The summed E-state index contributed by atoms with van der Waals surface area (Å²) in [6, 6.07) is 12.4. The molecule has 2 aromatic rings. The number of hydrogen-bond donors (Lipinski definition) is 1. The standard InChI is InChI=1S/C18H20ClNO4/c1-22-15-7-5-4-6-13(15)17(24-3)11-20-18(21)14-10-12(19)8-9-16(14)23-2/h4-10,17H,11H2,1-3H3,(H,20,21)/t17-/m1/s1. The fourth-order valence-corrected chi connectivity index (χ4v) is 2.56. The van der Waals surface area contributed by atoms with Crippen LogP contribution in [0, 0.1) is 0 Å². The summed E-state index contributed by atoms with van der Waals surface area (Å²) >= 11 is 5.97. The topological polar surface area (TPSA) is 56.8 Å². The first-order valence-electron chi connectivity index (χ1n) is 7.38. The minimum absolute atomic E-state index is 0.283. The average molecular weight is 350 g/mol. The molecule has 128 valence electrons. The number of halogens is 1. The van der Waals surface area contributed by atoms with Crippen LogP contribution in [0.25, 0.3) is 0 Å². The molecule has 0 aliphatic rings. The van der Waals surface area contributed by atoms with Crippen LogP contribution in [0.2, 0.25) is 5.02 Å². The molecule has 0 bridgehead atoms. The Bertz CT molecular complexity index is 705. The fourth-order valence-electron chi connectivity index (χ4n) is 2.39. The van der Waals surface area contributed by atoms with Gasteiger partial charge in [-0.3, -0.25) is 4.79 Å². The van der Waals surface area contributed by atoms with Crippen LogP contribution >= 0.6 is 11.6 Å². The van der Waals surface area contributed by atoms with Gasteiger partial charge in [-0.1, -0.05) is 29.8 Å². The van der Waals surface area contributed by atoms with Crippen LogP contribution in [-0.4, -0.2) is 33.8 Å². The van der Waals surface area contributed by atoms with Crippen LogP contribution in [0.5, 0.6) is 11.5 Å². The third-order valence-corrected chi connectivity index (χ3v) is 3.86. The number of hydrogen-bond acceptors (Lipinski definition) is 4. The second-order valence-corrected chi connectivity index (χ2v) is 5.46. The highest BCUT2D eigenvalue weighted by Crippen LogP contribution is 2.27. The predicted octanol–water partition coefficient (Wildman–Crippen LogP) is 3.47. The van der Waals surface area contributed by atoms with Gasteiger partial charge in [0.2, 0.25) is 0 Å². The van der Waals surface area contributed by atoms with E-state index in [-0.39, 0.29) is 18.6 Å². The smallest absolute Gasteiger partial charge is 0.255 e. The second-order valence-electron chi connectivity index (χ2n) is 5.02. The van der Waals surface area contributed by atoms with Crippen LogP contribution < -0.4 is 14.8 Å². The molecule has 0 radical (unpaired) electrons. The van der Waals surface area contributed by atoms with Crippen molar-refractivity contribution in [2.24, 2.45) is 0 Å². The van der Waals surface area contributed by atoms with Gasteiger partial charge in [-0.25, -0.2) is 0 Å². The molecule has 0 aromatic heterocycles. The maximum absolute atomic E-state index is 12.4. The molecule has 0 aliphatic heterocycles. The highest BCUT2D eigenvalue weighted by Gasteiger charge is 2.18. The quantitative estimate of drug-likeness (QED) is 0.831. The van der Waals surface area contributed by atoms with E-state index < -0.39 is 0 Å². The Morgan fingerprint density at radius 1 is 1.08 bits per heavy atom. The second kappa shape index (κ2) is 8.57. The first-order chi connectivity index (χ1) is 11.6. The minimum atomic E-state index is -0.338. The molecule has 1 amide bonds. The lowest BCUT2D eigenvalue weighted by atomic mass is 10.1. The van der Waals surface area contributed by atoms with Crippen LogP contribution in [0.15, 0.2) is 42.5 Å². The summed E-state index contributed by atoms with van der Waals surface area (Å²) in [7, 11) is 4.69. The predicted molar refractivity (Wildman–Crippen MR) is 93.1 cm³/mol. The maximum atomic E-state index is 12.4. The van der Waals surface area contributed by atoms with Crippen LogP contribution in [0.1, 0.15) is 22.0 Å². The number of amides is 1. The SMILES string of the molecule is COc1ccc(Cl)cc1C(=O)NC[C@@H](OC)c1ccccc1OC. The summed E-state index contributed by atoms with van der Waals surface area (Å²) in [4.78, 5) is 12.4. The van der Waals surface area contributed by atoms with Gasteiger partial charge in [0, 0.05) is 24.2 Å². The van der Waals surface area contributed by atoms with E-state index in [0.717, 1.165) is 5.56 Å². The third kappa shape index (κ3) is 4.19. The van der Waals surface area contributed by atoms with E-state index in [0.29, 0.717) is 22.1 Å². The van der Waals surface area contributed by atoms with E-state index in [9.17, 15) is 4.79 Å². The molecule has 0 fully saturated rings. The monoisotopic (exact) mass is 349 g/mol. The Morgan fingerprint density at radius 2 is 1.79 bits per heavy atom. The molecule has 2 rings (SSSR count). The van der Waals surface area contributed by atoms with Crippen molar-refractivity contribution in [1.82, 2.24) is 5.32 Å². The first kappa shape index (κ1) is 18.1. The number of rotatable bonds is 7. The number of carbonyl (C=O) groups excluding carboxylic acids is 1. The van der Waals surface area contributed by atoms with Crippen molar-refractivity contribution in [2.45, 2.75) is 6.10 Å². The summed E-state index contributed by atoms with van der Waals surface area (Å²) < 4.78 is 16.0. The molecule has 1 N–H and O–H groups in total. The van der Waals surface area contributed by atoms with Gasteiger partial charge in [-0.05, 0) is 24.3 Å². The molecule has 0 saturated heterocycles. The molecule has 1 atom stereocenters. The Kier molecular flexibility index (Phi) is 6.46. The average Bonchev–Trinajstić information content (AvgIpc) is 2.62. The van der Waals surface area contributed by atoms with Crippen molar-refractivity contribution in [3.63, 3.8) is 0 Å². The summed E-state index contributed by atoms with van der Waals surface area (Å²) in [5.41, 5.74) is 1.24. The zero-order valence-electron chi connectivity index (χ0n) is 13.8. The van der Waals surface area contributed by atoms with Crippen molar-refractivity contribution in [3.05, 3.63) is 58.6 Å². The Hall–Kier alpha value is -2.24. The number of carbonyl (C=O) groups is 1. The fraction of sp³-hybridized carbons (Fsp3) is 0.278. The molecule has 5 nitrogen and oxygen atoms in total. The molecule has 0 heterocycles. The molecule has 2 aromatic carbocycles. The van der Waals surface area contributed by atoms with Gasteiger partial charge in [-0.15, -0.1) is 0 Å². The Balaban J connectivity index is 2.13. The van der Waals surface area contributed by atoms with Gasteiger partial charge < -0.3 is 19.5 Å². The number of ether oxygens (including phenoxy) is 3. The molecular weight excluding hydrogens is 330 g/mol. The van der Waals surface area contributed by atoms with E-state index >= 15 is 0 Å². The molecule has 24 heavy (non-hydrogen) atoms. The van der Waals surface area contributed by atoms with E-state index in [1.165, 1.54) is 7.11 Å². The zero-order chi connectivity index (χ0) is 17.5. The van der Waals surface area contributed by atoms with Gasteiger partial charge in [0.25, 0.3) is 5.91 Å². The molecule has 0 aliphatic carbocycles. The third-order valence-electron chi connectivity index (χ3n) is 3.62. The normalized spacial score (nSPS) is 11.7. The lowest BCUT2D eigenvalue weighted by Crippen LogP contribution is -2.29. The summed E-state index contributed by atoms with van der Waals surface area (Å²) in [5.74, 6) is 0.883. The Labute approximate surface area is 146 Å². The van der Waals surface area contributed by atoms with E-state index in [1.807, 2.05) is 24.3 Å². The lowest BCUT2D eigenvalue weighted by molar-refractivity contribution is 0.0817. The van der Waals surface area contributed by atoms with Crippen molar-refractivity contribution in [1.29, 1.82) is 0 Å². The molecule has 0 unspecified atom stereocenters. The first-order valence-corrected chi connectivity index (χ1v) is 7.76. The van der Waals surface area contributed by atoms with Gasteiger partial charge in [0.15, 0.2) is 0 Å². The van der Waals surface area contributed by atoms with Gasteiger partial charge >= 0.3 is 0 Å². The number of methoxy groups -OCH3 is 3. The number of nitrogens with one attached hydrogen (secondary N) is 1. The summed E-state index contributed by atoms with van der Waals surface area (Å²) in [6.45, 7) is 0.283.